The Morgan fingerprint density at radius 3 is 2.33 bits per heavy atom. The Morgan fingerprint density at radius 2 is 1.86 bits per heavy atom. The standard InChI is InChI=1S/C14H12Br2F3NS/c1-7-5-11(16)13(21-7)12(20-2)9-4-3-8(15)6-10(9)14(17,18)19/h3-6,12,20H,1-2H3. The summed E-state index contributed by atoms with van der Waals surface area (Å²) in [6, 6.07) is 5.66. The minimum atomic E-state index is -4.40. The van der Waals surface area contributed by atoms with Gasteiger partial charge in [0.15, 0.2) is 0 Å². The molecule has 0 fully saturated rings. The van der Waals surface area contributed by atoms with Gasteiger partial charge in [-0.1, -0.05) is 22.0 Å². The third kappa shape index (κ3) is 3.70. The SMILES string of the molecule is CNC(c1ccc(Br)cc1C(F)(F)F)c1sc(C)cc1Br. The van der Waals surface area contributed by atoms with E-state index in [9.17, 15) is 13.2 Å². The molecule has 1 atom stereocenters. The van der Waals surface area contributed by atoms with E-state index in [1.54, 1.807) is 13.1 Å². The monoisotopic (exact) mass is 441 g/mol. The number of hydrogen-bond acceptors (Lipinski definition) is 2. The van der Waals surface area contributed by atoms with Crippen LogP contribution >= 0.6 is 43.2 Å². The van der Waals surface area contributed by atoms with Crippen LogP contribution in [-0.2, 0) is 6.18 Å². The van der Waals surface area contributed by atoms with Crippen molar-refractivity contribution in [2.45, 2.75) is 19.1 Å². The molecule has 0 aliphatic heterocycles. The second kappa shape index (κ2) is 6.40. The van der Waals surface area contributed by atoms with Crippen molar-refractivity contribution < 1.29 is 13.2 Å². The second-order valence-electron chi connectivity index (χ2n) is 4.52. The summed E-state index contributed by atoms with van der Waals surface area (Å²) >= 11 is 8.01. The first kappa shape index (κ1) is 17.0. The highest BCUT2D eigenvalue weighted by atomic mass is 79.9. The summed E-state index contributed by atoms with van der Waals surface area (Å²) in [6.45, 7) is 1.93. The van der Waals surface area contributed by atoms with Gasteiger partial charge in [-0.15, -0.1) is 11.3 Å². The predicted molar refractivity (Wildman–Crippen MR) is 86.8 cm³/mol. The van der Waals surface area contributed by atoms with Crippen molar-refractivity contribution in [3.05, 3.63) is 54.1 Å². The van der Waals surface area contributed by atoms with Crippen LogP contribution in [0.4, 0.5) is 13.2 Å². The first-order valence-corrected chi connectivity index (χ1v) is 8.44. The van der Waals surface area contributed by atoms with E-state index in [2.05, 4.69) is 37.2 Å². The number of alkyl halides is 3. The van der Waals surface area contributed by atoms with Gasteiger partial charge in [0.25, 0.3) is 0 Å². The average Bonchev–Trinajstić information content (AvgIpc) is 2.70. The quantitative estimate of drug-likeness (QED) is 0.623. The third-order valence-corrected chi connectivity index (χ3v) is 5.55. The molecule has 0 bridgehead atoms. The lowest BCUT2D eigenvalue weighted by Gasteiger charge is -2.21. The number of rotatable bonds is 3. The third-order valence-electron chi connectivity index (χ3n) is 3.02. The molecule has 0 saturated carbocycles. The highest BCUT2D eigenvalue weighted by Gasteiger charge is 2.36. The summed E-state index contributed by atoms with van der Waals surface area (Å²) in [4.78, 5) is 1.88. The van der Waals surface area contributed by atoms with Gasteiger partial charge in [0.1, 0.15) is 0 Å². The molecule has 1 N–H and O–H groups in total. The van der Waals surface area contributed by atoms with Crippen LogP contribution in [0.15, 0.2) is 33.2 Å². The molecule has 0 aliphatic carbocycles. The molecule has 2 rings (SSSR count). The van der Waals surface area contributed by atoms with Crippen LogP contribution in [0.1, 0.15) is 26.9 Å². The lowest BCUT2D eigenvalue weighted by atomic mass is 9.99. The molecule has 0 aliphatic rings. The van der Waals surface area contributed by atoms with Gasteiger partial charge in [-0.25, -0.2) is 0 Å². The maximum atomic E-state index is 13.3. The van der Waals surface area contributed by atoms with Gasteiger partial charge in [-0.05, 0) is 53.7 Å². The molecule has 114 valence electrons. The normalized spacial score (nSPS) is 13.5. The Hall–Kier alpha value is -0.370. The van der Waals surface area contributed by atoms with Gasteiger partial charge in [-0.3, -0.25) is 0 Å². The highest BCUT2D eigenvalue weighted by molar-refractivity contribution is 9.10. The van der Waals surface area contributed by atoms with E-state index in [0.29, 0.717) is 4.47 Å². The van der Waals surface area contributed by atoms with Gasteiger partial charge in [0.05, 0.1) is 11.6 Å². The number of nitrogens with one attached hydrogen (secondary N) is 1. The molecule has 0 spiro atoms. The first-order valence-electron chi connectivity index (χ1n) is 6.03. The fraction of sp³-hybridized carbons (Fsp3) is 0.286. The molecule has 0 amide bonds. The average molecular weight is 443 g/mol. The Morgan fingerprint density at radius 1 is 1.19 bits per heavy atom. The molecule has 2 aromatic rings. The summed E-state index contributed by atoms with van der Waals surface area (Å²) in [5.41, 5.74) is -0.412. The lowest BCUT2D eigenvalue weighted by Crippen LogP contribution is -2.21. The maximum absolute atomic E-state index is 13.3. The summed E-state index contributed by atoms with van der Waals surface area (Å²) in [5, 5.41) is 2.99. The fourth-order valence-electron chi connectivity index (χ4n) is 2.15. The van der Waals surface area contributed by atoms with Crippen molar-refractivity contribution in [1.29, 1.82) is 0 Å². The largest absolute Gasteiger partial charge is 0.416 e. The summed E-state index contributed by atoms with van der Waals surface area (Å²) in [5.74, 6) is 0. The second-order valence-corrected chi connectivity index (χ2v) is 7.58. The van der Waals surface area contributed by atoms with Crippen LogP contribution in [0.2, 0.25) is 0 Å². The van der Waals surface area contributed by atoms with Crippen molar-refractivity contribution in [3.63, 3.8) is 0 Å². The molecule has 0 radical (unpaired) electrons. The number of halogens is 5. The topological polar surface area (TPSA) is 12.0 Å². The summed E-state index contributed by atoms with van der Waals surface area (Å²) < 4.78 is 41.1. The number of thiophene rings is 1. The summed E-state index contributed by atoms with van der Waals surface area (Å²) in [7, 11) is 1.66. The van der Waals surface area contributed by atoms with Gasteiger partial charge in [0.2, 0.25) is 0 Å². The van der Waals surface area contributed by atoms with Gasteiger partial charge in [-0.2, -0.15) is 13.2 Å². The molecular weight excluding hydrogens is 431 g/mol. The minimum Gasteiger partial charge on any atom is -0.309 e. The fourth-order valence-corrected chi connectivity index (χ4v) is 4.52. The van der Waals surface area contributed by atoms with Crippen molar-refractivity contribution in [3.8, 4) is 0 Å². The summed E-state index contributed by atoms with van der Waals surface area (Å²) in [6.07, 6.45) is -4.40. The number of hydrogen-bond donors (Lipinski definition) is 1. The smallest absolute Gasteiger partial charge is 0.309 e. The van der Waals surface area contributed by atoms with E-state index in [-0.39, 0.29) is 5.56 Å². The van der Waals surface area contributed by atoms with Crippen molar-refractivity contribution in [2.75, 3.05) is 7.05 Å². The molecule has 1 aromatic heterocycles. The van der Waals surface area contributed by atoms with Crippen molar-refractivity contribution in [2.24, 2.45) is 0 Å². The Kier molecular flexibility index (Phi) is 5.18. The van der Waals surface area contributed by atoms with Gasteiger partial charge >= 0.3 is 6.18 Å². The number of aryl methyl sites for hydroxylation is 1. The zero-order chi connectivity index (χ0) is 15.8. The molecule has 1 aromatic carbocycles. The van der Waals surface area contributed by atoms with Gasteiger partial charge in [0, 0.05) is 18.7 Å². The van der Waals surface area contributed by atoms with Crippen molar-refractivity contribution >= 4 is 43.2 Å². The van der Waals surface area contributed by atoms with Crippen molar-refractivity contribution in [1.82, 2.24) is 5.32 Å². The zero-order valence-corrected chi connectivity index (χ0v) is 15.2. The Balaban J connectivity index is 2.60. The van der Waals surface area contributed by atoms with Crippen LogP contribution < -0.4 is 5.32 Å². The molecule has 1 heterocycles. The predicted octanol–water partition coefficient (Wildman–Crippen LogP) is 5.91. The Labute approximate surface area is 141 Å². The lowest BCUT2D eigenvalue weighted by molar-refractivity contribution is -0.138. The molecule has 0 saturated heterocycles. The highest BCUT2D eigenvalue weighted by Crippen LogP contribution is 2.41. The van der Waals surface area contributed by atoms with Crippen LogP contribution in [0, 0.1) is 6.92 Å². The first-order chi connectivity index (χ1) is 9.74. The van der Waals surface area contributed by atoms with E-state index in [1.165, 1.54) is 17.4 Å². The minimum absolute atomic E-state index is 0.218. The Bertz CT molecular complexity index is 652. The molecule has 1 unspecified atom stereocenters. The van der Waals surface area contributed by atoms with E-state index in [1.807, 2.05) is 13.0 Å². The van der Waals surface area contributed by atoms with Crippen LogP contribution in [0.25, 0.3) is 0 Å². The zero-order valence-electron chi connectivity index (χ0n) is 11.2. The van der Waals surface area contributed by atoms with E-state index >= 15 is 0 Å². The van der Waals surface area contributed by atoms with Crippen LogP contribution in [0.5, 0.6) is 0 Å². The van der Waals surface area contributed by atoms with E-state index in [4.69, 9.17) is 0 Å². The number of benzene rings is 1. The molecule has 7 heteroatoms. The van der Waals surface area contributed by atoms with Crippen LogP contribution in [-0.4, -0.2) is 7.05 Å². The van der Waals surface area contributed by atoms with E-state index in [0.717, 1.165) is 20.3 Å². The van der Waals surface area contributed by atoms with Gasteiger partial charge < -0.3 is 5.32 Å². The van der Waals surface area contributed by atoms with Crippen LogP contribution in [0.3, 0.4) is 0 Å². The molecule has 1 nitrogen and oxygen atoms in total. The molecule has 21 heavy (non-hydrogen) atoms. The van der Waals surface area contributed by atoms with E-state index < -0.39 is 17.8 Å². The maximum Gasteiger partial charge on any atom is 0.416 e. The molecular formula is C14H12Br2F3NS.